The van der Waals surface area contributed by atoms with Crippen LogP contribution in [-0.2, 0) is 0 Å². The molecule has 3 nitrogen and oxygen atoms in total. The first-order chi connectivity index (χ1) is 9.72. The third-order valence-electron chi connectivity index (χ3n) is 3.01. The molecule has 4 heteroatoms. The van der Waals surface area contributed by atoms with E-state index in [0.29, 0.717) is 10.8 Å². The molecule has 1 aromatic heterocycles. The van der Waals surface area contributed by atoms with Crippen molar-refractivity contribution < 1.29 is 5.11 Å². The van der Waals surface area contributed by atoms with Crippen molar-refractivity contribution in [1.82, 2.24) is 9.97 Å². The number of nitrogens with one attached hydrogen (secondary N) is 1. The van der Waals surface area contributed by atoms with E-state index in [1.807, 2.05) is 54.6 Å². The van der Waals surface area contributed by atoms with E-state index in [4.69, 9.17) is 11.6 Å². The normalized spacial score (nSPS) is 13.1. The molecular weight excluding hydrogens is 272 g/mol. The number of imidazole rings is 1. The summed E-state index contributed by atoms with van der Waals surface area (Å²) in [5.41, 5.74) is 2.70. The summed E-state index contributed by atoms with van der Waals surface area (Å²) in [6.45, 7) is 0. The highest BCUT2D eigenvalue weighted by Gasteiger charge is 2.08. The van der Waals surface area contributed by atoms with Gasteiger partial charge in [0.1, 0.15) is 11.9 Å². The van der Waals surface area contributed by atoms with Gasteiger partial charge in [0.05, 0.1) is 11.0 Å². The number of rotatable bonds is 3. The molecule has 0 amide bonds. The zero-order chi connectivity index (χ0) is 13.9. The van der Waals surface area contributed by atoms with Crippen molar-refractivity contribution in [2.75, 3.05) is 0 Å². The third kappa shape index (κ3) is 2.74. The Morgan fingerprint density at radius 3 is 2.80 bits per heavy atom. The van der Waals surface area contributed by atoms with Gasteiger partial charge in [-0.1, -0.05) is 41.9 Å². The Hall–Kier alpha value is -2.10. The molecule has 0 aliphatic rings. The molecule has 3 rings (SSSR count). The number of aromatic nitrogens is 2. The van der Waals surface area contributed by atoms with E-state index in [1.54, 1.807) is 6.08 Å². The van der Waals surface area contributed by atoms with Crippen LogP contribution in [0.25, 0.3) is 17.1 Å². The fraction of sp³-hybridized carbons (Fsp3) is 0.0625. The zero-order valence-electron chi connectivity index (χ0n) is 10.6. The molecule has 1 atom stereocenters. The highest BCUT2D eigenvalue weighted by Crippen LogP contribution is 2.18. The number of nitrogens with zero attached hydrogens (tertiary/aromatic N) is 1. The smallest absolute Gasteiger partial charge is 0.140 e. The van der Waals surface area contributed by atoms with Gasteiger partial charge in [-0.15, -0.1) is 0 Å². The monoisotopic (exact) mass is 284 g/mol. The lowest BCUT2D eigenvalue weighted by molar-refractivity contribution is 0.220. The standard InChI is InChI=1S/C16H13ClN2O/c17-12-5-3-4-11(10-12)8-9-15(20)16-18-13-6-1-2-7-14(13)19-16/h1-10,15,20H,(H,18,19)/b9-8+. The zero-order valence-corrected chi connectivity index (χ0v) is 11.4. The Labute approximate surface area is 121 Å². The van der Waals surface area contributed by atoms with Crippen molar-refractivity contribution in [1.29, 1.82) is 0 Å². The molecule has 0 saturated heterocycles. The lowest BCUT2D eigenvalue weighted by Gasteiger charge is -2.01. The molecule has 0 aliphatic heterocycles. The van der Waals surface area contributed by atoms with Gasteiger partial charge in [0.2, 0.25) is 0 Å². The molecule has 3 aromatic rings. The number of H-pyrrole nitrogens is 1. The molecule has 0 spiro atoms. The molecule has 100 valence electrons. The molecular formula is C16H13ClN2O. The van der Waals surface area contributed by atoms with Gasteiger partial charge >= 0.3 is 0 Å². The second kappa shape index (κ2) is 5.49. The van der Waals surface area contributed by atoms with Crippen LogP contribution in [0.1, 0.15) is 17.5 Å². The molecule has 0 aliphatic carbocycles. The lowest BCUT2D eigenvalue weighted by Crippen LogP contribution is -1.95. The number of aliphatic hydroxyl groups excluding tert-OH is 1. The Bertz CT molecular complexity index is 731. The molecule has 1 unspecified atom stereocenters. The quantitative estimate of drug-likeness (QED) is 0.765. The van der Waals surface area contributed by atoms with Crippen molar-refractivity contribution in [3.8, 4) is 0 Å². The minimum atomic E-state index is -0.776. The fourth-order valence-corrected chi connectivity index (χ4v) is 2.22. The predicted molar refractivity (Wildman–Crippen MR) is 81.5 cm³/mol. The van der Waals surface area contributed by atoms with E-state index in [0.717, 1.165) is 16.6 Å². The number of fused-ring (bicyclic) bond motifs is 1. The van der Waals surface area contributed by atoms with Gasteiger partial charge in [0.25, 0.3) is 0 Å². The average molecular weight is 285 g/mol. The number of aliphatic hydroxyl groups is 1. The Morgan fingerprint density at radius 2 is 2.00 bits per heavy atom. The molecule has 2 aromatic carbocycles. The maximum absolute atomic E-state index is 10.1. The van der Waals surface area contributed by atoms with Gasteiger partial charge < -0.3 is 10.1 Å². The predicted octanol–water partition coefficient (Wildman–Crippen LogP) is 3.96. The summed E-state index contributed by atoms with van der Waals surface area (Å²) in [4.78, 5) is 7.46. The highest BCUT2D eigenvalue weighted by atomic mass is 35.5. The van der Waals surface area contributed by atoms with Crippen molar-refractivity contribution in [2.24, 2.45) is 0 Å². The van der Waals surface area contributed by atoms with Crippen LogP contribution in [0, 0.1) is 0 Å². The van der Waals surface area contributed by atoms with Crippen molar-refractivity contribution >= 4 is 28.7 Å². The average Bonchev–Trinajstić information content (AvgIpc) is 2.89. The Morgan fingerprint density at radius 1 is 1.15 bits per heavy atom. The summed E-state index contributed by atoms with van der Waals surface area (Å²) in [7, 11) is 0. The lowest BCUT2D eigenvalue weighted by atomic mass is 10.2. The van der Waals surface area contributed by atoms with Crippen LogP contribution in [0.3, 0.4) is 0 Å². The number of hydrogen-bond donors (Lipinski definition) is 2. The van der Waals surface area contributed by atoms with Crippen LogP contribution in [0.5, 0.6) is 0 Å². The van der Waals surface area contributed by atoms with E-state index in [9.17, 15) is 5.11 Å². The van der Waals surface area contributed by atoms with E-state index < -0.39 is 6.10 Å². The maximum atomic E-state index is 10.1. The third-order valence-corrected chi connectivity index (χ3v) is 3.24. The Kier molecular flexibility index (Phi) is 3.54. The number of halogens is 1. The number of benzene rings is 2. The van der Waals surface area contributed by atoms with E-state index >= 15 is 0 Å². The minimum absolute atomic E-state index is 0.532. The van der Waals surface area contributed by atoms with Crippen LogP contribution in [0.15, 0.2) is 54.6 Å². The summed E-state index contributed by atoms with van der Waals surface area (Å²) >= 11 is 5.92. The van der Waals surface area contributed by atoms with Crippen molar-refractivity contribution in [3.05, 3.63) is 71.0 Å². The van der Waals surface area contributed by atoms with Crippen LogP contribution in [0.2, 0.25) is 5.02 Å². The fourth-order valence-electron chi connectivity index (χ4n) is 2.02. The van der Waals surface area contributed by atoms with Crippen molar-refractivity contribution in [2.45, 2.75) is 6.10 Å². The maximum Gasteiger partial charge on any atom is 0.140 e. The summed E-state index contributed by atoms with van der Waals surface area (Å²) in [5, 5.41) is 10.8. The largest absolute Gasteiger partial charge is 0.381 e. The van der Waals surface area contributed by atoms with Crippen LogP contribution in [-0.4, -0.2) is 15.1 Å². The molecule has 0 radical (unpaired) electrons. The van der Waals surface area contributed by atoms with Gasteiger partial charge in [-0.2, -0.15) is 0 Å². The first kappa shape index (κ1) is 12.9. The minimum Gasteiger partial charge on any atom is -0.381 e. The van der Waals surface area contributed by atoms with Gasteiger partial charge in [-0.25, -0.2) is 4.98 Å². The topological polar surface area (TPSA) is 48.9 Å². The number of aromatic amines is 1. The Balaban J connectivity index is 1.83. The van der Waals surface area contributed by atoms with Crippen LogP contribution >= 0.6 is 11.6 Å². The molecule has 20 heavy (non-hydrogen) atoms. The first-order valence-electron chi connectivity index (χ1n) is 6.29. The van der Waals surface area contributed by atoms with Crippen LogP contribution < -0.4 is 0 Å². The van der Waals surface area contributed by atoms with Gasteiger partial charge in [0, 0.05) is 5.02 Å². The molecule has 0 bridgehead atoms. The molecule has 0 saturated carbocycles. The van der Waals surface area contributed by atoms with Crippen molar-refractivity contribution in [3.63, 3.8) is 0 Å². The van der Waals surface area contributed by atoms with E-state index in [1.165, 1.54) is 0 Å². The second-order valence-corrected chi connectivity index (χ2v) is 4.93. The summed E-state index contributed by atoms with van der Waals surface area (Å²) in [6, 6.07) is 15.1. The molecule has 2 N–H and O–H groups in total. The summed E-state index contributed by atoms with van der Waals surface area (Å²) < 4.78 is 0. The SMILES string of the molecule is OC(/C=C/c1cccc(Cl)c1)c1nc2ccccc2[nH]1. The van der Waals surface area contributed by atoms with Gasteiger partial charge in [-0.05, 0) is 35.9 Å². The van der Waals surface area contributed by atoms with E-state index in [-0.39, 0.29) is 0 Å². The van der Waals surface area contributed by atoms with E-state index in [2.05, 4.69) is 9.97 Å². The van der Waals surface area contributed by atoms with Gasteiger partial charge in [-0.3, -0.25) is 0 Å². The van der Waals surface area contributed by atoms with Crippen LogP contribution in [0.4, 0.5) is 0 Å². The molecule has 1 heterocycles. The van der Waals surface area contributed by atoms with Gasteiger partial charge in [0.15, 0.2) is 0 Å². The second-order valence-electron chi connectivity index (χ2n) is 4.50. The number of hydrogen-bond acceptors (Lipinski definition) is 2. The summed E-state index contributed by atoms with van der Waals surface area (Å²) in [5.74, 6) is 0.532. The first-order valence-corrected chi connectivity index (χ1v) is 6.67. The number of para-hydroxylation sites is 2. The molecule has 0 fully saturated rings. The summed E-state index contributed by atoms with van der Waals surface area (Å²) in [6.07, 6.45) is 2.73. The highest BCUT2D eigenvalue weighted by molar-refractivity contribution is 6.30.